The molecule has 0 saturated heterocycles. The summed E-state index contributed by atoms with van der Waals surface area (Å²) in [5.41, 5.74) is 4.16. The van der Waals surface area contributed by atoms with E-state index in [-0.39, 0.29) is 18.9 Å². The highest BCUT2D eigenvalue weighted by Gasteiger charge is 2.34. The van der Waals surface area contributed by atoms with Gasteiger partial charge in [0.15, 0.2) is 0 Å². The van der Waals surface area contributed by atoms with Crippen molar-refractivity contribution in [3.05, 3.63) is 28.8 Å². The third-order valence-electron chi connectivity index (χ3n) is 1.97. The second-order valence-electron chi connectivity index (χ2n) is 3.32. The van der Waals surface area contributed by atoms with Gasteiger partial charge in [-0.25, -0.2) is 0 Å². The van der Waals surface area contributed by atoms with Crippen molar-refractivity contribution in [2.45, 2.75) is 12.3 Å². The van der Waals surface area contributed by atoms with E-state index >= 15 is 0 Å². The number of alkyl halides is 3. The van der Waals surface area contributed by atoms with E-state index in [0.29, 0.717) is 0 Å². The van der Waals surface area contributed by atoms with Crippen molar-refractivity contribution in [3.8, 4) is 5.75 Å². The van der Waals surface area contributed by atoms with Gasteiger partial charge in [0.2, 0.25) is 0 Å². The van der Waals surface area contributed by atoms with Crippen LogP contribution in [0.4, 0.5) is 13.2 Å². The highest BCUT2D eigenvalue weighted by Crippen LogP contribution is 2.39. The van der Waals surface area contributed by atoms with Gasteiger partial charge in [-0.1, -0.05) is 17.7 Å². The van der Waals surface area contributed by atoms with Crippen LogP contribution >= 0.6 is 11.6 Å². The Morgan fingerprint density at radius 3 is 2.59 bits per heavy atom. The maximum atomic E-state index is 12.5. The molecule has 3 nitrogen and oxygen atoms in total. The lowest BCUT2D eigenvalue weighted by Gasteiger charge is -2.14. The third kappa shape index (κ3) is 3.76. The molecule has 0 aliphatic heterocycles. The van der Waals surface area contributed by atoms with Gasteiger partial charge < -0.3 is 15.6 Å². The molecule has 1 aromatic carbocycles. The van der Waals surface area contributed by atoms with Crippen LogP contribution in [-0.4, -0.2) is 24.4 Å². The molecule has 0 amide bonds. The van der Waals surface area contributed by atoms with E-state index in [9.17, 15) is 13.2 Å². The van der Waals surface area contributed by atoms with Gasteiger partial charge in [0.05, 0.1) is 10.6 Å². The monoisotopic (exact) mass is 269 g/mol. The van der Waals surface area contributed by atoms with E-state index in [1.807, 2.05) is 0 Å². The number of hydrogen-bond donors (Lipinski definition) is 2. The summed E-state index contributed by atoms with van der Waals surface area (Å²) in [4.78, 5) is 0. The molecule has 0 saturated carbocycles. The number of rotatable bonds is 4. The predicted molar refractivity (Wildman–Crippen MR) is 57.0 cm³/mol. The smallest absolute Gasteiger partial charge is 0.417 e. The molecule has 1 aromatic rings. The third-order valence-corrected chi connectivity index (χ3v) is 2.36. The first kappa shape index (κ1) is 14.1. The summed E-state index contributed by atoms with van der Waals surface area (Å²) in [7, 11) is 0. The Bertz CT molecular complexity index is 384. The van der Waals surface area contributed by atoms with E-state index in [4.69, 9.17) is 27.2 Å². The number of nitrogens with two attached hydrogens (primary N) is 1. The van der Waals surface area contributed by atoms with Crippen molar-refractivity contribution in [3.63, 3.8) is 0 Å². The molecule has 0 aliphatic rings. The van der Waals surface area contributed by atoms with Gasteiger partial charge in [-0.3, -0.25) is 0 Å². The second-order valence-corrected chi connectivity index (χ2v) is 3.69. The fourth-order valence-electron chi connectivity index (χ4n) is 1.10. The minimum absolute atomic E-state index is 0.0451. The summed E-state index contributed by atoms with van der Waals surface area (Å²) >= 11 is 5.56. The van der Waals surface area contributed by atoms with Crippen LogP contribution in [0.1, 0.15) is 5.56 Å². The molecule has 0 heterocycles. The average molecular weight is 270 g/mol. The number of halogens is 4. The minimum atomic E-state index is -4.54. The molecular formula is C10H11ClF3NO2. The SMILES string of the molecule is NCC(O)COc1cccc(C(F)(F)F)c1Cl. The summed E-state index contributed by atoms with van der Waals surface area (Å²) < 4.78 is 42.4. The number of benzene rings is 1. The van der Waals surface area contributed by atoms with Gasteiger partial charge in [0, 0.05) is 6.54 Å². The molecule has 0 bridgehead atoms. The van der Waals surface area contributed by atoms with Crippen LogP contribution in [0.2, 0.25) is 5.02 Å². The number of hydrogen-bond acceptors (Lipinski definition) is 3. The van der Waals surface area contributed by atoms with E-state index < -0.39 is 22.9 Å². The van der Waals surface area contributed by atoms with Crippen LogP contribution in [-0.2, 0) is 6.18 Å². The Morgan fingerprint density at radius 1 is 1.41 bits per heavy atom. The zero-order valence-corrected chi connectivity index (χ0v) is 9.42. The lowest BCUT2D eigenvalue weighted by Crippen LogP contribution is -2.26. The number of aliphatic hydroxyl groups excluding tert-OH is 1. The summed E-state index contributed by atoms with van der Waals surface area (Å²) in [5, 5.41) is 8.60. The first-order valence-electron chi connectivity index (χ1n) is 4.73. The Kier molecular flexibility index (Phi) is 4.62. The number of aliphatic hydroxyl groups is 1. The molecule has 1 atom stereocenters. The molecule has 0 aliphatic carbocycles. The van der Waals surface area contributed by atoms with Gasteiger partial charge >= 0.3 is 6.18 Å². The van der Waals surface area contributed by atoms with Gasteiger partial charge in [-0.2, -0.15) is 13.2 Å². The zero-order valence-electron chi connectivity index (χ0n) is 8.67. The molecule has 96 valence electrons. The lowest BCUT2D eigenvalue weighted by molar-refractivity contribution is -0.137. The van der Waals surface area contributed by atoms with E-state index in [1.54, 1.807) is 0 Å². The van der Waals surface area contributed by atoms with Crippen LogP contribution in [0.25, 0.3) is 0 Å². The van der Waals surface area contributed by atoms with Crippen molar-refractivity contribution in [1.82, 2.24) is 0 Å². The largest absolute Gasteiger partial charge is 0.489 e. The highest BCUT2D eigenvalue weighted by molar-refractivity contribution is 6.32. The van der Waals surface area contributed by atoms with Crippen molar-refractivity contribution >= 4 is 11.6 Å². The average Bonchev–Trinajstić information content (AvgIpc) is 2.25. The molecule has 0 fully saturated rings. The Hall–Kier alpha value is -0.980. The summed E-state index contributed by atoms with van der Waals surface area (Å²) in [6.45, 7) is -0.256. The van der Waals surface area contributed by atoms with Crippen molar-refractivity contribution in [2.75, 3.05) is 13.2 Å². The molecule has 3 N–H and O–H groups in total. The van der Waals surface area contributed by atoms with Gasteiger partial charge in [-0.15, -0.1) is 0 Å². The fourth-order valence-corrected chi connectivity index (χ4v) is 1.38. The van der Waals surface area contributed by atoms with Crippen LogP contribution in [0.15, 0.2) is 18.2 Å². The molecule has 0 spiro atoms. The molecule has 0 aromatic heterocycles. The van der Waals surface area contributed by atoms with Crippen LogP contribution < -0.4 is 10.5 Å². The standard InChI is InChI=1S/C10H11ClF3NO2/c11-9-7(10(12,13)14)2-1-3-8(9)17-5-6(16)4-15/h1-3,6,16H,4-5,15H2. The Labute approximate surface area is 101 Å². The summed E-state index contributed by atoms with van der Waals surface area (Å²) in [6.07, 6.45) is -5.48. The lowest BCUT2D eigenvalue weighted by atomic mass is 10.2. The Balaban J connectivity index is 2.88. The van der Waals surface area contributed by atoms with Gasteiger partial charge in [-0.05, 0) is 12.1 Å². The minimum Gasteiger partial charge on any atom is -0.489 e. The van der Waals surface area contributed by atoms with Crippen molar-refractivity contribution in [1.29, 1.82) is 0 Å². The van der Waals surface area contributed by atoms with E-state index in [0.717, 1.165) is 6.07 Å². The molecule has 1 unspecified atom stereocenters. The van der Waals surface area contributed by atoms with Crippen LogP contribution in [0.3, 0.4) is 0 Å². The highest BCUT2D eigenvalue weighted by atomic mass is 35.5. The first-order chi connectivity index (χ1) is 7.86. The molecule has 17 heavy (non-hydrogen) atoms. The zero-order chi connectivity index (χ0) is 13.1. The maximum absolute atomic E-state index is 12.5. The maximum Gasteiger partial charge on any atom is 0.417 e. The molecule has 7 heteroatoms. The van der Waals surface area contributed by atoms with E-state index in [2.05, 4.69) is 0 Å². The van der Waals surface area contributed by atoms with Crippen molar-refractivity contribution in [2.24, 2.45) is 5.73 Å². The Morgan fingerprint density at radius 2 is 2.06 bits per heavy atom. The van der Waals surface area contributed by atoms with Gasteiger partial charge in [0.1, 0.15) is 18.5 Å². The van der Waals surface area contributed by atoms with E-state index in [1.165, 1.54) is 12.1 Å². The first-order valence-corrected chi connectivity index (χ1v) is 5.10. The molecular weight excluding hydrogens is 259 g/mol. The summed E-state index contributed by atoms with van der Waals surface area (Å²) in [6, 6.07) is 3.33. The normalized spacial score (nSPS) is 13.5. The second kappa shape index (κ2) is 5.57. The quantitative estimate of drug-likeness (QED) is 0.880. The van der Waals surface area contributed by atoms with Crippen LogP contribution in [0.5, 0.6) is 5.75 Å². The number of ether oxygens (including phenoxy) is 1. The molecule has 0 radical (unpaired) electrons. The van der Waals surface area contributed by atoms with Crippen LogP contribution in [0, 0.1) is 0 Å². The van der Waals surface area contributed by atoms with Crippen molar-refractivity contribution < 1.29 is 23.0 Å². The summed E-state index contributed by atoms with van der Waals surface area (Å²) in [5.74, 6) is -0.131. The predicted octanol–water partition coefficient (Wildman–Crippen LogP) is 2.06. The molecule has 1 rings (SSSR count). The van der Waals surface area contributed by atoms with Gasteiger partial charge in [0.25, 0.3) is 0 Å². The topological polar surface area (TPSA) is 55.5 Å². The fraction of sp³-hybridized carbons (Fsp3) is 0.400.